The Labute approximate surface area is 203 Å². The normalized spacial score (nSPS) is 37.6. The van der Waals surface area contributed by atoms with Gasteiger partial charge in [0.05, 0.1) is 11.2 Å². The van der Waals surface area contributed by atoms with Crippen molar-refractivity contribution in [2.24, 2.45) is 11.8 Å². The van der Waals surface area contributed by atoms with Gasteiger partial charge in [0, 0.05) is 23.8 Å². The number of carbonyl (C=O) groups excluding carboxylic acids is 2. The Hall–Kier alpha value is 2.13. The van der Waals surface area contributed by atoms with E-state index in [-0.39, 0.29) is 103 Å². The molecule has 20 heavy (non-hydrogen) atoms. The predicted molar refractivity (Wildman–Crippen MR) is 56.7 cm³/mol. The zero-order chi connectivity index (χ0) is 14.1. The molecular weight excluding hydrogens is 318 g/mol. The van der Waals surface area contributed by atoms with Crippen molar-refractivity contribution < 1.29 is 133 Å². The Bertz CT molecular complexity index is 306. The molecule has 0 heterocycles. The van der Waals surface area contributed by atoms with E-state index in [0.717, 1.165) is 0 Å². The first kappa shape index (κ1) is 24.4. The van der Waals surface area contributed by atoms with Crippen molar-refractivity contribution in [2.45, 2.75) is 50.7 Å². The molecule has 0 bridgehead atoms. The molecule has 104 valence electrons. The fraction of sp³-hybridized carbons (Fsp3) is 0.833. The van der Waals surface area contributed by atoms with Crippen LogP contribution in [0.25, 0.3) is 0 Å². The molecule has 6 nitrogen and oxygen atoms in total. The summed E-state index contributed by atoms with van der Waals surface area (Å²) in [5.41, 5.74) is -1.49. The first-order valence-corrected chi connectivity index (χ1v) is 5.89. The summed E-state index contributed by atoms with van der Waals surface area (Å²) in [6.07, 6.45) is 1.37. The molecule has 0 aromatic rings. The van der Waals surface area contributed by atoms with Crippen molar-refractivity contribution in [1.82, 2.24) is 0 Å². The van der Waals surface area contributed by atoms with Gasteiger partial charge in [-0.2, -0.15) is 0 Å². The zero-order valence-electron chi connectivity index (χ0n) is 12.5. The monoisotopic (exact) mass is 336 g/mol. The first-order valence-electron chi connectivity index (χ1n) is 5.89. The van der Waals surface area contributed by atoms with Gasteiger partial charge in [0.1, 0.15) is 0 Å². The van der Waals surface area contributed by atoms with Gasteiger partial charge in [0.25, 0.3) is 0 Å². The molecule has 0 atom stereocenters. The van der Waals surface area contributed by atoms with E-state index in [0.29, 0.717) is 25.7 Å². The molecule has 8 heteroatoms. The summed E-state index contributed by atoms with van der Waals surface area (Å²) in [5.74, 6) is -2.91. The van der Waals surface area contributed by atoms with Crippen LogP contribution < -0.4 is 113 Å². The summed E-state index contributed by atoms with van der Waals surface area (Å²) in [5, 5.41) is 38.2. The molecule has 2 aliphatic rings. The van der Waals surface area contributed by atoms with Gasteiger partial charge < -0.3 is 30.0 Å². The van der Waals surface area contributed by atoms with Crippen molar-refractivity contribution in [3.63, 3.8) is 0 Å². The van der Waals surface area contributed by atoms with E-state index < -0.39 is 35.0 Å². The molecule has 0 radical (unpaired) electrons. The molecule has 0 spiro atoms. The summed E-state index contributed by atoms with van der Waals surface area (Å²) in [6, 6.07) is 0. The van der Waals surface area contributed by atoms with Crippen molar-refractivity contribution in [1.29, 1.82) is 0 Å². The van der Waals surface area contributed by atoms with E-state index in [1.54, 1.807) is 13.8 Å². The minimum absolute atomic E-state index is 0. The molecule has 0 saturated heterocycles. The van der Waals surface area contributed by atoms with Gasteiger partial charge in [-0.1, -0.05) is 0 Å². The second kappa shape index (κ2) is 9.43. The number of aliphatic hydroxyl groups is 2. The van der Waals surface area contributed by atoms with E-state index in [1.165, 1.54) is 0 Å². The molecule has 2 rings (SSSR count). The van der Waals surface area contributed by atoms with Gasteiger partial charge >= 0.3 is 103 Å². The maximum atomic E-state index is 10.0. The van der Waals surface area contributed by atoms with Gasteiger partial charge in [0.15, 0.2) is 0 Å². The van der Waals surface area contributed by atoms with Crippen LogP contribution >= 0.6 is 0 Å². The smallest absolute Gasteiger partial charge is 0.550 e. The summed E-state index contributed by atoms with van der Waals surface area (Å²) in [4.78, 5) is 20.1. The Balaban J connectivity index is 0. The van der Waals surface area contributed by atoms with Crippen LogP contribution in [-0.4, -0.2) is 33.4 Å². The van der Waals surface area contributed by atoms with E-state index in [9.17, 15) is 19.8 Å². The van der Waals surface area contributed by atoms with Crippen molar-refractivity contribution in [2.75, 3.05) is 0 Å². The van der Waals surface area contributed by atoms with Crippen molar-refractivity contribution in [3.05, 3.63) is 0 Å². The second-order valence-corrected chi connectivity index (χ2v) is 5.84. The van der Waals surface area contributed by atoms with Crippen LogP contribution in [0, 0.1) is 11.8 Å². The van der Waals surface area contributed by atoms with Gasteiger partial charge in [-0.25, -0.2) is 0 Å². The Kier molecular flexibility index (Phi) is 11.5. The second-order valence-electron chi connectivity index (χ2n) is 5.84. The minimum Gasteiger partial charge on any atom is -0.550 e. The third kappa shape index (κ3) is 8.12. The molecule has 2 saturated carbocycles. The average molecular weight is 336 g/mol. The number of carbonyl (C=O) groups is 2. The first-order chi connectivity index (χ1) is 8.02. The van der Waals surface area contributed by atoms with Crippen LogP contribution in [0.5, 0.6) is 0 Å². The quantitative estimate of drug-likeness (QED) is 0.483. The summed E-state index contributed by atoms with van der Waals surface area (Å²) < 4.78 is 0. The van der Waals surface area contributed by atoms with Crippen LogP contribution in [0.3, 0.4) is 0 Å². The van der Waals surface area contributed by atoms with Crippen LogP contribution in [-0.2, 0) is 9.59 Å². The van der Waals surface area contributed by atoms with Crippen LogP contribution in [0.2, 0.25) is 0 Å². The number of aliphatic carboxylic acids is 2. The molecule has 2 aliphatic carbocycles. The van der Waals surface area contributed by atoms with Crippen LogP contribution in [0.15, 0.2) is 0 Å². The molecule has 0 amide bonds. The Morgan fingerprint density at radius 2 is 1.05 bits per heavy atom. The maximum absolute atomic E-state index is 10.0. The number of hydrogen-bond donors (Lipinski definition) is 2. The summed E-state index contributed by atoms with van der Waals surface area (Å²) in [6.45, 7) is 3.26. The number of rotatable bonds is 2. The largest absolute Gasteiger partial charge is 1.00 e. The van der Waals surface area contributed by atoms with Crippen molar-refractivity contribution >= 4 is 11.9 Å². The van der Waals surface area contributed by atoms with Crippen LogP contribution in [0.4, 0.5) is 0 Å². The number of carboxylic acid groups (broad SMARTS) is 2. The van der Waals surface area contributed by atoms with Gasteiger partial charge in [0.2, 0.25) is 0 Å². The Morgan fingerprint density at radius 3 is 1.10 bits per heavy atom. The molecule has 0 aromatic heterocycles. The summed E-state index contributed by atoms with van der Waals surface area (Å²) >= 11 is 0. The molecule has 0 aliphatic heterocycles. The zero-order valence-corrected chi connectivity index (χ0v) is 18.8. The molecular formula is C12H18K2O6. The predicted octanol–water partition coefficient (Wildman–Crippen LogP) is -8.20. The molecule has 2 fully saturated rings. The fourth-order valence-electron chi connectivity index (χ4n) is 2.34. The van der Waals surface area contributed by atoms with Gasteiger partial charge in [-0.05, 0) is 39.5 Å². The molecule has 0 unspecified atom stereocenters. The maximum Gasteiger partial charge on any atom is 1.00 e. The van der Waals surface area contributed by atoms with E-state index >= 15 is 0 Å². The van der Waals surface area contributed by atoms with E-state index in [1.807, 2.05) is 0 Å². The minimum atomic E-state index is -1.04. The van der Waals surface area contributed by atoms with Crippen LogP contribution in [0.1, 0.15) is 39.5 Å². The van der Waals surface area contributed by atoms with Crippen molar-refractivity contribution in [3.8, 4) is 0 Å². The van der Waals surface area contributed by atoms with E-state index in [4.69, 9.17) is 10.2 Å². The number of hydrogen-bond acceptors (Lipinski definition) is 6. The Morgan fingerprint density at radius 1 is 0.850 bits per heavy atom. The SMILES string of the molecule is CC1(O)CC(C(=O)[O-])C1.CC1(O)CC(C(=O)[O-])C1.[K+].[K+]. The standard InChI is InChI=1S/2C6H10O3.2K/c2*1-6(9)2-4(3-6)5(7)8;;/h2*4,9H,2-3H2,1H3,(H,7,8);;/q;;2*+1/p-2. The average Bonchev–Trinajstić information content (AvgIpc) is 2.10. The summed E-state index contributed by atoms with van der Waals surface area (Å²) in [7, 11) is 0. The third-order valence-corrected chi connectivity index (χ3v) is 3.41. The molecule has 2 N–H and O–H groups in total. The topological polar surface area (TPSA) is 121 Å². The number of carboxylic acids is 2. The van der Waals surface area contributed by atoms with Gasteiger partial charge in [-0.15, -0.1) is 0 Å². The van der Waals surface area contributed by atoms with E-state index in [2.05, 4.69) is 0 Å². The fourth-order valence-corrected chi connectivity index (χ4v) is 2.34. The molecule has 0 aromatic carbocycles. The third-order valence-electron chi connectivity index (χ3n) is 3.41. The van der Waals surface area contributed by atoms with Gasteiger partial charge in [-0.3, -0.25) is 0 Å².